The van der Waals surface area contributed by atoms with E-state index in [0.717, 1.165) is 19.4 Å². The van der Waals surface area contributed by atoms with E-state index in [1.54, 1.807) is 5.57 Å². The topological polar surface area (TPSA) is 38.1 Å². The van der Waals surface area contributed by atoms with Crippen LogP contribution < -0.4 is 0 Å². The maximum Gasteiger partial charge on any atom is 0.246 e. The number of carbonyl (C=O) groups excluding carboxylic acids is 1. The first kappa shape index (κ1) is 17.0. The highest BCUT2D eigenvalue weighted by Gasteiger charge is 2.54. The number of rotatable bonds is 1. The Morgan fingerprint density at radius 2 is 2.04 bits per heavy atom. The molecule has 1 aromatic rings. The maximum absolute atomic E-state index is 12.4. The lowest BCUT2D eigenvalue weighted by Gasteiger charge is -2.54. The average molecular weight is 364 g/mol. The Labute approximate surface area is 161 Å². The van der Waals surface area contributed by atoms with Crippen molar-refractivity contribution in [2.75, 3.05) is 13.6 Å². The van der Waals surface area contributed by atoms with Gasteiger partial charge < -0.3 is 9.47 Å². The van der Waals surface area contributed by atoms with Crippen molar-refractivity contribution in [3.63, 3.8) is 0 Å². The predicted octanol–water partition coefficient (Wildman–Crippen LogP) is 4.29. The second kappa shape index (κ2) is 5.70. The second-order valence-electron chi connectivity index (χ2n) is 9.36. The van der Waals surface area contributed by atoms with Gasteiger partial charge in [0.1, 0.15) is 0 Å². The fourth-order valence-electron chi connectivity index (χ4n) is 6.43. The lowest BCUT2D eigenvalue weighted by molar-refractivity contribution is -0.124. The molecule has 2 fully saturated rings. The third kappa shape index (κ3) is 2.28. The number of fused-ring (bicyclic) bond motifs is 5. The molecule has 0 radical (unpaired) electrons. The molecule has 2 heterocycles. The van der Waals surface area contributed by atoms with E-state index in [-0.39, 0.29) is 16.7 Å². The van der Waals surface area contributed by atoms with Crippen molar-refractivity contribution < 1.29 is 4.79 Å². The summed E-state index contributed by atoms with van der Waals surface area (Å²) in [5, 5.41) is 0. The Balaban J connectivity index is 1.50. The standard InChI is InChI=1S/C23H29N3O/c1-22-10-12-25(3)21(27)14-16(22)4-5-17-18-6-7-20(26-13-11-24-15-26)23(18,2)9-8-19(17)22/h6-7,11,13-15,17,19H,4-5,8-10,12H2,1-3H3. The van der Waals surface area contributed by atoms with Crippen molar-refractivity contribution in [1.82, 2.24) is 14.5 Å². The lowest BCUT2D eigenvalue weighted by atomic mass is 9.50. The van der Waals surface area contributed by atoms with Gasteiger partial charge in [0.2, 0.25) is 5.91 Å². The zero-order chi connectivity index (χ0) is 18.8. The minimum Gasteiger partial charge on any atom is -0.342 e. The summed E-state index contributed by atoms with van der Waals surface area (Å²) in [5.41, 5.74) is 4.67. The van der Waals surface area contributed by atoms with Gasteiger partial charge in [-0.15, -0.1) is 0 Å². The van der Waals surface area contributed by atoms with Crippen LogP contribution in [0.2, 0.25) is 0 Å². The molecule has 0 saturated heterocycles. The Morgan fingerprint density at radius 3 is 2.81 bits per heavy atom. The number of imidazole rings is 1. The summed E-state index contributed by atoms with van der Waals surface area (Å²) in [4.78, 5) is 18.6. The van der Waals surface area contributed by atoms with E-state index in [1.165, 1.54) is 30.5 Å². The van der Waals surface area contributed by atoms with Crippen molar-refractivity contribution >= 4 is 11.6 Å². The molecule has 5 rings (SSSR count). The molecule has 0 bridgehead atoms. The van der Waals surface area contributed by atoms with E-state index >= 15 is 0 Å². The zero-order valence-electron chi connectivity index (χ0n) is 16.6. The van der Waals surface area contributed by atoms with Gasteiger partial charge in [0.05, 0.1) is 6.33 Å². The molecule has 4 aliphatic rings. The number of hydrogen-bond acceptors (Lipinski definition) is 2. The normalized spacial score (nSPS) is 38.3. The van der Waals surface area contributed by atoms with Crippen LogP contribution in [0.25, 0.3) is 5.70 Å². The Kier molecular flexibility index (Phi) is 3.59. The molecule has 4 atom stereocenters. The predicted molar refractivity (Wildman–Crippen MR) is 107 cm³/mol. The highest BCUT2D eigenvalue weighted by atomic mass is 16.2. The number of allylic oxidation sites excluding steroid dienone is 5. The molecule has 2 saturated carbocycles. The van der Waals surface area contributed by atoms with Crippen LogP contribution in [-0.4, -0.2) is 34.0 Å². The minimum absolute atomic E-state index is 0.122. The van der Waals surface area contributed by atoms with Crippen molar-refractivity contribution in [3.05, 3.63) is 48.1 Å². The van der Waals surface area contributed by atoms with Crippen LogP contribution >= 0.6 is 0 Å². The molecule has 4 heteroatoms. The fraction of sp³-hybridized carbons (Fsp3) is 0.565. The van der Waals surface area contributed by atoms with Gasteiger partial charge >= 0.3 is 0 Å². The van der Waals surface area contributed by atoms with Crippen molar-refractivity contribution in [3.8, 4) is 0 Å². The summed E-state index contributed by atoms with van der Waals surface area (Å²) in [5.74, 6) is 1.46. The van der Waals surface area contributed by atoms with E-state index in [0.29, 0.717) is 11.8 Å². The summed E-state index contributed by atoms with van der Waals surface area (Å²) >= 11 is 0. The van der Waals surface area contributed by atoms with Gasteiger partial charge in [0, 0.05) is 43.2 Å². The van der Waals surface area contributed by atoms with Gasteiger partial charge in [-0.1, -0.05) is 31.1 Å². The Morgan fingerprint density at radius 1 is 1.19 bits per heavy atom. The molecule has 1 amide bonds. The molecule has 1 aromatic heterocycles. The first-order valence-corrected chi connectivity index (χ1v) is 10.3. The molecule has 142 valence electrons. The molecule has 0 aromatic carbocycles. The SMILES string of the molecule is CN1CCC2(C)C(=CC1=O)CCC1C3=CC=C(n4ccnc4)C3(C)CCC12. The van der Waals surface area contributed by atoms with Gasteiger partial charge in [0.15, 0.2) is 0 Å². The van der Waals surface area contributed by atoms with Crippen LogP contribution in [0.1, 0.15) is 46.0 Å². The van der Waals surface area contributed by atoms with Crippen molar-refractivity contribution in [2.45, 2.75) is 46.0 Å². The largest absolute Gasteiger partial charge is 0.342 e. The van der Waals surface area contributed by atoms with Gasteiger partial charge in [-0.05, 0) is 55.4 Å². The van der Waals surface area contributed by atoms with Crippen molar-refractivity contribution in [1.29, 1.82) is 0 Å². The van der Waals surface area contributed by atoms with Crippen LogP contribution in [0.4, 0.5) is 0 Å². The third-order valence-electron chi connectivity index (χ3n) is 8.16. The van der Waals surface area contributed by atoms with Crippen LogP contribution in [0.5, 0.6) is 0 Å². The number of nitrogens with zero attached hydrogens (tertiary/aromatic N) is 3. The van der Waals surface area contributed by atoms with Crippen LogP contribution in [0.3, 0.4) is 0 Å². The van der Waals surface area contributed by atoms with E-state index < -0.39 is 0 Å². The number of amides is 1. The monoisotopic (exact) mass is 363 g/mol. The average Bonchev–Trinajstić information content (AvgIpc) is 3.26. The molecule has 4 unspecified atom stereocenters. The van der Waals surface area contributed by atoms with E-state index in [9.17, 15) is 4.79 Å². The minimum atomic E-state index is 0.122. The third-order valence-corrected chi connectivity index (χ3v) is 8.16. The van der Waals surface area contributed by atoms with Crippen LogP contribution in [0, 0.1) is 22.7 Å². The van der Waals surface area contributed by atoms with Gasteiger partial charge in [-0.2, -0.15) is 0 Å². The number of aromatic nitrogens is 2. The summed E-state index contributed by atoms with van der Waals surface area (Å²) in [6.07, 6.45) is 18.3. The molecular formula is C23H29N3O. The molecule has 4 nitrogen and oxygen atoms in total. The molecule has 3 aliphatic carbocycles. The Hall–Kier alpha value is -2.10. The molecule has 1 aliphatic heterocycles. The summed E-state index contributed by atoms with van der Waals surface area (Å²) in [6, 6.07) is 0. The number of hydrogen-bond donors (Lipinski definition) is 0. The molecule has 0 spiro atoms. The Bertz CT molecular complexity index is 877. The zero-order valence-corrected chi connectivity index (χ0v) is 16.6. The highest BCUT2D eigenvalue weighted by Crippen LogP contribution is 2.63. The number of carbonyl (C=O) groups is 1. The van der Waals surface area contributed by atoms with E-state index in [1.807, 2.05) is 30.5 Å². The lowest BCUT2D eigenvalue weighted by Crippen LogP contribution is -2.46. The van der Waals surface area contributed by atoms with Crippen molar-refractivity contribution in [2.24, 2.45) is 22.7 Å². The van der Waals surface area contributed by atoms with E-state index in [2.05, 4.69) is 41.7 Å². The quantitative estimate of drug-likeness (QED) is 0.747. The fourth-order valence-corrected chi connectivity index (χ4v) is 6.43. The first-order chi connectivity index (χ1) is 12.9. The first-order valence-electron chi connectivity index (χ1n) is 10.3. The number of likely N-dealkylation sites (N-methyl/N-ethyl adjacent to an activating group) is 1. The molecule has 27 heavy (non-hydrogen) atoms. The summed E-state index contributed by atoms with van der Waals surface area (Å²) in [7, 11) is 1.94. The second-order valence-corrected chi connectivity index (χ2v) is 9.36. The van der Waals surface area contributed by atoms with Crippen LogP contribution in [0.15, 0.2) is 48.1 Å². The summed E-state index contributed by atoms with van der Waals surface area (Å²) < 4.78 is 2.19. The highest BCUT2D eigenvalue weighted by molar-refractivity contribution is 5.88. The molecule has 0 N–H and O–H groups in total. The smallest absolute Gasteiger partial charge is 0.246 e. The van der Waals surface area contributed by atoms with E-state index in [4.69, 9.17) is 0 Å². The van der Waals surface area contributed by atoms with Gasteiger partial charge in [-0.3, -0.25) is 4.79 Å². The molecular weight excluding hydrogens is 334 g/mol. The maximum atomic E-state index is 12.4. The van der Waals surface area contributed by atoms with Gasteiger partial charge in [0.25, 0.3) is 0 Å². The van der Waals surface area contributed by atoms with Gasteiger partial charge in [-0.25, -0.2) is 4.98 Å². The van der Waals surface area contributed by atoms with Crippen LogP contribution in [-0.2, 0) is 4.79 Å². The summed E-state index contributed by atoms with van der Waals surface area (Å²) in [6.45, 7) is 5.73.